The van der Waals surface area contributed by atoms with E-state index in [1.54, 1.807) is 6.07 Å². The van der Waals surface area contributed by atoms with Gasteiger partial charge in [0, 0.05) is 6.07 Å². The molecular weight excluding hydrogens is 679 g/mol. The lowest BCUT2D eigenvalue weighted by Gasteiger charge is -2.15. The number of hydrogen-bond acceptors (Lipinski definition) is 6. The van der Waals surface area contributed by atoms with Gasteiger partial charge in [-0.1, -0.05) is 23.8 Å². The van der Waals surface area contributed by atoms with Gasteiger partial charge in [0.05, 0.1) is 0 Å². The second kappa shape index (κ2) is 14.1. The molecule has 4 rings (SSSR count). The van der Waals surface area contributed by atoms with Crippen LogP contribution >= 0.6 is 0 Å². The average molecular weight is 701 g/mol. The van der Waals surface area contributed by atoms with E-state index in [1.165, 1.54) is 48.5 Å². The molecule has 0 aromatic heterocycles. The lowest BCUT2D eigenvalue weighted by Crippen LogP contribution is -2.21. The highest BCUT2D eigenvalue weighted by Crippen LogP contribution is 2.40. The normalized spacial score (nSPS) is 12.3. The van der Waals surface area contributed by atoms with Gasteiger partial charge in [0.25, 0.3) is 0 Å². The molecule has 0 spiro atoms. The molecule has 248 valence electrons. The van der Waals surface area contributed by atoms with Crippen LogP contribution in [0.25, 0.3) is 0 Å². The van der Waals surface area contributed by atoms with Crippen LogP contribution in [-0.2, 0) is 21.0 Å². The van der Waals surface area contributed by atoms with Gasteiger partial charge in [0.15, 0.2) is 25.7 Å². The van der Waals surface area contributed by atoms with Crippen molar-refractivity contribution in [2.45, 2.75) is 46.8 Å². The topological polar surface area (TPSA) is 84.9 Å². The van der Waals surface area contributed by atoms with Crippen molar-refractivity contribution in [3.63, 3.8) is 0 Å². The zero-order valence-electron chi connectivity index (χ0n) is 23.3. The van der Waals surface area contributed by atoms with Crippen molar-refractivity contribution in [3.8, 4) is 23.0 Å². The van der Waals surface area contributed by atoms with E-state index in [1.807, 2.05) is 50.2 Å². The van der Waals surface area contributed by atoms with Crippen molar-refractivity contribution in [1.29, 1.82) is 0 Å². The standard InChI is InChI=1S/C28H21F6O3S.CHF3O3S/c1-18-3-6-20(7-4-18)35-25-16-5-19(2)17-26(25)38(23-12-8-21(9-13-23)36-27(29,30)31)24-14-10-22(11-15-24)37-28(32,33)34;2-1(3,4)8(5,6)7/h3-17H,1-2H3;(H,5,6,7)/q+1;/p-1. The minimum atomic E-state index is -6.09. The summed E-state index contributed by atoms with van der Waals surface area (Å²) < 4.78 is 149. The Morgan fingerprint density at radius 1 is 0.587 bits per heavy atom. The lowest BCUT2D eigenvalue weighted by atomic mass is 10.2. The molecule has 0 bridgehead atoms. The summed E-state index contributed by atoms with van der Waals surface area (Å²) in [6, 6.07) is 23.7. The molecule has 46 heavy (non-hydrogen) atoms. The molecule has 4 aromatic rings. The minimum absolute atomic E-state index is 0.390. The second-order valence-corrected chi connectivity index (χ2v) is 12.5. The van der Waals surface area contributed by atoms with E-state index >= 15 is 0 Å². The predicted octanol–water partition coefficient (Wildman–Crippen LogP) is 9.04. The maximum Gasteiger partial charge on any atom is 0.573 e. The molecule has 0 heterocycles. The fourth-order valence-corrected chi connectivity index (χ4v) is 5.75. The van der Waals surface area contributed by atoms with Crippen LogP contribution in [0.2, 0.25) is 0 Å². The number of aryl methyl sites for hydroxylation is 2. The van der Waals surface area contributed by atoms with Gasteiger partial charge in [0.1, 0.15) is 28.1 Å². The molecule has 0 saturated carbocycles. The van der Waals surface area contributed by atoms with Gasteiger partial charge in [-0.15, -0.1) is 26.3 Å². The number of alkyl halides is 9. The third-order valence-electron chi connectivity index (χ3n) is 5.44. The van der Waals surface area contributed by atoms with Gasteiger partial charge in [-0.25, -0.2) is 8.42 Å². The van der Waals surface area contributed by atoms with Crippen molar-refractivity contribution >= 4 is 21.0 Å². The maximum atomic E-state index is 12.7. The van der Waals surface area contributed by atoms with Gasteiger partial charge < -0.3 is 18.8 Å². The zero-order chi connectivity index (χ0) is 34.5. The highest BCUT2D eigenvalue weighted by atomic mass is 32.2. The molecule has 0 N–H and O–H groups in total. The molecule has 17 heteroatoms. The SMILES string of the molecule is Cc1ccc(Oc2ccc(C)cc2[S+](c2ccc(OC(F)(F)F)cc2)c2ccc(OC(F)(F)F)cc2)cc1.O=S(=O)([O-])C(F)(F)F. The van der Waals surface area contributed by atoms with Gasteiger partial charge in [-0.05, 0) is 86.1 Å². The summed E-state index contributed by atoms with van der Waals surface area (Å²) in [5.74, 6) is 0.291. The molecule has 0 aliphatic carbocycles. The number of ether oxygens (including phenoxy) is 3. The summed E-state index contributed by atoms with van der Waals surface area (Å²) in [5.41, 5.74) is -3.71. The van der Waals surface area contributed by atoms with Crippen LogP contribution in [0, 0.1) is 13.8 Å². The van der Waals surface area contributed by atoms with Crippen LogP contribution in [0.4, 0.5) is 39.5 Å². The summed E-state index contributed by atoms with van der Waals surface area (Å²) >= 11 is 0. The van der Waals surface area contributed by atoms with E-state index in [0.29, 0.717) is 26.2 Å². The Bertz CT molecular complexity index is 1640. The van der Waals surface area contributed by atoms with Gasteiger partial charge in [-0.3, -0.25) is 0 Å². The van der Waals surface area contributed by atoms with Crippen LogP contribution in [0.3, 0.4) is 0 Å². The Balaban J connectivity index is 0.000000637. The molecule has 0 aliphatic heterocycles. The molecule has 0 amide bonds. The molecule has 0 atom stereocenters. The van der Waals surface area contributed by atoms with Crippen molar-refractivity contribution in [3.05, 3.63) is 102 Å². The van der Waals surface area contributed by atoms with Crippen molar-refractivity contribution in [2.24, 2.45) is 0 Å². The van der Waals surface area contributed by atoms with Gasteiger partial charge in [-0.2, -0.15) is 13.2 Å². The molecule has 4 aromatic carbocycles. The number of benzene rings is 4. The summed E-state index contributed by atoms with van der Waals surface area (Å²) in [6.45, 7) is 3.82. The number of rotatable bonds is 7. The van der Waals surface area contributed by atoms with E-state index in [-0.39, 0.29) is 11.5 Å². The minimum Gasteiger partial charge on any atom is -0.741 e. The Labute approximate surface area is 259 Å². The van der Waals surface area contributed by atoms with Gasteiger partial charge >= 0.3 is 18.2 Å². The number of halogens is 9. The zero-order valence-corrected chi connectivity index (χ0v) is 25.0. The van der Waals surface area contributed by atoms with Crippen LogP contribution in [0.15, 0.2) is 106 Å². The fraction of sp³-hybridized carbons (Fsp3) is 0.172. The fourth-order valence-electron chi connectivity index (χ4n) is 3.54. The average Bonchev–Trinajstić information content (AvgIpc) is 2.91. The second-order valence-electron chi connectivity index (χ2n) is 9.11. The molecular formula is C29H21F9O6S2. The van der Waals surface area contributed by atoms with E-state index in [2.05, 4.69) is 9.47 Å². The lowest BCUT2D eigenvalue weighted by molar-refractivity contribution is -0.275. The number of hydrogen-bond donors (Lipinski definition) is 0. The van der Waals surface area contributed by atoms with E-state index in [9.17, 15) is 39.5 Å². The first kappa shape index (κ1) is 36.4. The van der Waals surface area contributed by atoms with E-state index in [0.717, 1.165) is 11.1 Å². The van der Waals surface area contributed by atoms with Gasteiger partial charge in [0.2, 0.25) is 4.90 Å². The molecule has 0 aliphatic rings. The molecule has 0 radical (unpaired) electrons. The summed E-state index contributed by atoms with van der Waals surface area (Å²) in [6.07, 6.45) is -9.69. The highest BCUT2D eigenvalue weighted by molar-refractivity contribution is 7.97. The Hall–Kier alpha value is -4.09. The Morgan fingerprint density at radius 2 is 0.957 bits per heavy atom. The van der Waals surface area contributed by atoms with Crippen molar-refractivity contribution in [1.82, 2.24) is 0 Å². The first-order valence-corrected chi connectivity index (χ1v) is 15.1. The Kier molecular flexibility index (Phi) is 11.2. The third kappa shape index (κ3) is 11.1. The van der Waals surface area contributed by atoms with Crippen LogP contribution in [0.5, 0.6) is 23.0 Å². The molecule has 0 saturated heterocycles. The third-order valence-corrected chi connectivity index (χ3v) is 8.25. The van der Waals surface area contributed by atoms with Crippen molar-refractivity contribution < 1.29 is 66.7 Å². The first-order valence-electron chi connectivity index (χ1n) is 12.4. The smallest absolute Gasteiger partial charge is 0.573 e. The molecule has 0 fully saturated rings. The van der Waals surface area contributed by atoms with E-state index in [4.69, 9.17) is 17.7 Å². The van der Waals surface area contributed by atoms with E-state index < -0.39 is 39.2 Å². The molecule has 6 nitrogen and oxygen atoms in total. The summed E-state index contributed by atoms with van der Waals surface area (Å²) in [5, 5.41) is 0. The maximum absolute atomic E-state index is 12.7. The largest absolute Gasteiger partial charge is 0.741 e. The predicted molar refractivity (Wildman–Crippen MR) is 147 cm³/mol. The molecule has 0 unspecified atom stereocenters. The van der Waals surface area contributed by atoms with Crippen LogP contribution in [0.1, 0.15) is 11.1 Å². The highest BCUT2D eigenvalue weighted by Gasteiger charge is 2.37. The quantitative estimate of drug-likeness (QED) is 0.0828. The van der Waals surface area contributed by atoms with Crippen molar-refractivity contribution in [2.75, 3.05) is 0 Å². The monoisotopic (exact) mass is 700 g/mol. The summed E-state index contributed by atoms with van der Waals surface area (Å²) in [4.78, 5) is 1.89. The van der Waals surface area contributed by atoms with Crippen LogP contribution in [-0.4, -0.2) is 31.2 Å². The Morgan fingerprint density at radius 3 is 1.33 bits per heavy atom. The summed E-state index contributed by atoms with van der Waals surface area (Å²) in [7, 11) is -7.07. The van der Waals surface area contributed by atoms with Crippen LogP contribution < -0.4 is 14.2 Å². The first-order chi connectivity index (χ1) is 21.1.